The minimum absolute atomic E-state index is 0.0949. The van der Waals surface area contributed by atoms with Crippen molar-refractivity contribution in [2.24, 2.45) is 29.1 Å². The maximum absolute atomic E-state index is 12.9. The van der Waals surface area contributed by atoms with Crippen molar-refractivity contribution in [3.05, 3.63) is 23.8 Å². The molecule has 30 heavy (non-hydrogen) atoms. The average molecular weight is 419 g/mol. The Bertz CT molecular complexity index is 706. The second-order valence-corrected chi connectivity index (χ2v) is 10.3. The van der Waals surface area contributed by atoms with Gasteiger partial charge in [0, 0.05) is 12.3 Å². The monoisotopic (exact) mass is 418 g/mol. The van der Waals surface area contributed by atoms with Gasteiger partial charge in [0.05, 0.1) is 17.9 Å². The summed E-state index contributed by atoms with van der Waals surface area (Å²) in [6.45, 7) is 10.3. The van der Waals surface area contributed by atoms with E-state index in [9.17, 15) is 14.7 Å². The molecular weight excluding hydrogens is 380 g/mol. The summed E-state index contributed by atoms with van der Waals surface area (Å²) in [6.07, 6.45) is 9.61. The van der Waals surface area contributed by atoms with Crippen LogP contribution in [0.1, 0.15) is 73.1 Å². The van der Waals surface area contributed by atoms with Gasteiger partial charge in [-0.25, -0.2) is 0 Å². The molecule has 5 nitrogen and oxygen atoms in total. The van der Waals surface area contributed by atoms with Crippen LogP contribution in [-0.2, 0) is 19.1 Å². The highest BCUT2D eigenvalue weighted by molar-refractivity contribution is 5.76. The first kappa shape index (κ1) is 23.1. The van der Waals surface area contributed by atoms with Crippen molar-refractivity contribution in [3.8, 4) is 0 Å². The molecule has 168 valence electrons. The van der Waals surface area contributed by atoms with Gasteiger partial charge in [-0.05, 0) is 62.9 Å². The highest BCUT2D eigenvalue weighted by Gasteiger charge is 2.43. The predicted octanol–water partition coefficient (Wildman–Crippen LogP) is 4.59. The first-order chi connectivity index (χ1) is 14.1. The third kappa shape index (κ3) is 5.16. The van der Waals surface area contributed by atoms with Crippen LogP contribution in [0.25, 0.3) is 0 Å². The Morgan fingerprint density at radius 3 is 2.67 bits per heavy atom. The summed E-state index contributed by atoms with van der Waals surface area (Å²) in [5.41, 5.74) is 0.785. The topological polar surface area (TPSA) is 72.8 Å². The van der Waals surface area contributed by atoms with Crippen LogP contribution in [0.3, 0.4) is 0 Å². The Morgan fingerprint density at radius 1 is 1.27 bits per heavy atom. The van der Waals surface area contributed by atoms with E-state index in [-0.39, 0.29) is 36.5 Å². The number of esters is 2. The van der Waals surface area contributed by atoms with Crippen molar-refractivity contribution in [2.75, 3.05) is 0 Å². The van der Waals surface area contributed by atoms with Crippen LogP contribution in [0.5, 0.6) is 0 Å². The number of carbonyl (C=O) groups is 2. The van der Waals surface area contributed by atoms with E-state index in [0.29, 0.717) is 24.2 Å². The lowest BCUT2D eigenvalue weighted by Gasteiger charge is -2.44. The molecule has 5 unspecified atom stereocenters. The fourth-order valence-electron chi connectivity index (χ4n) is 5.08. The zero-order valence-electron chi connectivity index (χ0n) is 19.1. The molecule has 7 atom stereocenters. The molecule has 3 aliphatic rings. The van der Waals surface area contributed by atoms with Crippen molar-refractivity contribution in [3.63, 3.8) is 0 Å². The molecule has 0 amide bonds. The molecule has 0 bridgehead atoms. The lowest BCUT2D eigenvalue weighted by molar-refractivity contribution is -0.166. The SMILES string of the molecule is CCC(C)(C)C(=O)OC1CC(C)C=C2C=CC(C)C(CC[C@@H]3CC(O)CC(=O)O3)[C@H]21. The molecule has 5 heteroatoms. The molecule has 1 N–H and O–H groups in total. The molecule has 0 aromatic rings. The number of fused-ring (bicyclic) bond motifs is 1. The van der Waals surface area contributed by atoms with Gasteiger partial charge in [0.15, 0.2) is 0 Å². The van der Waals surface area contributed by atoms with E-state index < -0.39 is 11.5 Å². The van der Waals surface area contributed by atoms with E-state index in [1.165, 1.54) is 5.57 Å². The van der Waals surface area contributed by atoms with Crippen LogP contribution >= 0.6 is 0 Å². The van der Waals surface area contributed by atoms with E-state index >= 15 is 0 Å². The molecule has 0 aromatic carbocycles. The zero-order chi connectivity index (χ0) is 22.1. The van der Waals surface area contributed by atoms with E-state index in [2.05, 4.69) is 32.1 Å². The van der Waals surface area contributed by atoms with Gasteiger partial charge in [-0.3, -0.25) is 9.59 Å². The lowest BCUT2D eigenvalue weighted by atomic mass is 9.65. The smallest absolute Gasteiger partial charge is 0.311 e. The first-order valence-electron chi connectivity index (χ1n) is 11.6. The Balaban J connectivity index is 1.76. The van der Waals surface area contributed by atoms with Gasteiger partial charge < -0.3 is 14.6 Å². The number of carbonyl (C=O) groups excluding carboxylic acids is 2. The van der Waals surface area contributed by atoms with Crippen LogP contribution in [0, 0.1) is 29.1 Å². The highest BCUT2D eigenvalue weighted by atomic mass is 16.6. The molecule has 0 spiro atoms. The second-order valence-electron chi connectivity index (χ2n) is 10.3. The number of rotatable bonds is 6. The van der Waals surface area contributed by atoms with Gasteiger partial charge in [-0.2, -0.15) is 0 Å². The fraction of sp³-hybridized carbons (Fsp3) is 0.760. The predicted molar refractivity (Wildman–Crippen MR) is 115 cm³/mol. The lowest BCUT2D eigenvalue weighted by Crippen LogP contribution is -2.43. The maximum Gasteiger partial charge on any atom is 0.311 e. The number of cyclic esters (lactones) is 1. The van der Waals surface area contributed by atoms with Gasteiger partial charge in [0.25, 0.3) is 0 Å². The summed E-state index contributed by atoms with van der Waals surface area (Å²) in [7, 11) is 0. The van der Waals surface area contributed by atoms with Crippen molar-refractivity contribution in [2.45, 2.75) is 91.5 Å². The van der Waals surface area contributed by atoms with Crippen LogP contribution in [0.15, 0.2) is 23.8 Å². The quantitative estimate of drug-likeness (QED) is 0.639. The average Bonchev–Trinajstić information content (AvgIpc) is 2.66. The first-order valence-corrected chi connectivity index (χ1v) is 11.6. The molecule has 2 aliphatic carbocycles. The maximum atomic E-state index is 12.9. The summed E-state index contributed by atoms with van der Waals surface area (Å²) < 4.78 is 11.6. The van der Waals surface area contributed by atoms with E-state index in [1.807, 2.05) is 20.8 Å². The number of ether oxygens (including phenoxy) is 2. The number of aliphatic hydroxyl groups excluding tert-OH is 1. The Kier molecular flexibility index (Phi) is 7.11. The summed E-state index contributed by atoms with van der Waals surface area (Å²) in [5.74, 6) is 0.776. The molecule has 1 saturated heterocycles. The van der Waals surface area contributed by atoms with Gasteiger partial charge in [-0.15, -0.1) is 0 Å². The Labute approximate surface area is 180 Å². The molecule has 0 aromatic heterocycles. The summed E-state index contributed by atoms with van der Waals surface area (Å²) in [4.78, 5) is 24.6. The third-order valence-corrected chi connectivity index (χ3v) is 7.35. The van der Waals surface area contributed by atoms with Crippen LogP contribution in [-0.4, -0.2) is 35.4 Å². The van der Waals surface area contributed by atoms with Crippen molar-refractivity contribution < 1.29 is 24.2 Å². The van der Waals surface area contributed by atoms with Crippen molar-refractivity contribution in [1.82, 2.24) is 0 Å². The number of hydrogen-bond donors (Lipinski definition) is 1. The Morgan fingerprint density at radius 2 is 2.00 bits per heavy atom. The van der Waals surface area contributed by atoms with Crippen molar-refractivity contribution >= 4 is 11.9 Å². The minimum Gasteiger partial charge on any atom is -0.462 e. The van der Waals surface area contributed by atoms with Gasteiger partial charge >= 0.3 is 11.9 Å². The molecule has 3 rings (SSSR count). The van der Waals surface area contributed by atoms with Crippen LogP contribution in [0.2, 0.25) is 0 Å². The highest BCUT2D eigenvalue weighted by Crippen LogP contribution is 2.45. The van der Waals surface area contributed by atoms with Gasteiger partial charge in [0.1, 0.15) is 12.2 Å². The van der Waals surface area contributed by atoms with Crippen LogP contribution in [0.4, 0.5) is 0 Å². The van der Waals surface area contributed by atoms with Gasteiger partial charge in [0.2, 0.25) is 0 Å². The standard InChI is InChI=1S/C25H38O5/c1-6-25(4,5)24(28)30-21-12-15(2)11-17-8-7-16(3)20(23(17)21)10-9-19-13-18(26)14-22(27)29-19/h7-8,11,15-16,18-21,23,26H,6,9-10,12-14H2,1-5H3/t15?,16?,18?,19-,20?,21?,23+/m1/s1. The van der Waals surface area contributed by atoms with E-state index in [1.54, 1.807) is 0 Å². The number of allylic oxidation sites excluding steroid dienone is 3. The molecule has 0 radical (unpaired) electrons. The summed E-state index contributed by atoms with van der Waals surface area (Å²) in [6, 6.07) is 0. The zero-order valence-corrected chi connectivity index (χ0v) is 19.1. The van der Waals surface area contributed by atoms with E-state index in [0.717, 1.165) is 25.7 Å². The third-order valence-electron chi connectivity index (χ3n) is 7.35. The second kappa shape index (κ2) is 9.25. The van der Waals surface area contributed by atoms with Crippen LogP contribution < -0.4 is 0 Å². The summed E-state index contributed by atoms with van der Waals surface area (Å²) >= 11 is 0. The van der Waals surface area contributed by atoms with Crippen molar-refractivity contribution in [1.29, 1.82) is 0 Å². The number of hydrogen-bond acceptors (Lipinski definition) is 5. The number of aliphatic hydroxyl groups is 1. The largest absolute Gasteiger partial charge is 0.462 e. The molecular formula is C25H38O5. The molecule has 1 aliphatic heterocycles. The van der Waals surface area contributed by atoms with Gasteiger partial charge in [-0.1, -0.05) is 39.0 Å². The van der Waals surface area contributed by atoms with E-state index in [4.69, 9.17) is 9.47 Å². The molecule has 1 fully saturated rings. The normalized spacial score (nSPS) is 36.5. The fourth-order valence-corrected chi connectivity index (χ4v) is 5.08. The Hall–Kier alpha value is -1.62. The molecule has 1 heterocycles. The summed E-state index contributed by atoms with van der Waals surface area (Å²) in [5, 5.41) is 9.92. The molecule has 0 saturated carbocycles. The minimum atomic E-state index is -0.601.